The van der Waals surface area contributed by atoms with Crippen LogP contribution in [0.3, 0.4) is 0 Å². The van der Waals surface area contributed by atoms with Crippen LogP contribution < -0.4 is 10.2 Å². The number of hydrogen-bond donors (Lipinski definition) is 1. The Hall–Kier alpha value is -3.91. The van der Waals surface area contributed by atoms with Crippen LogP contribution in [0.5, 0.6) is 0 Å². The Balaban J connectivity index is 1.39. The first-order chi connectivity index (χ1) is 19.2. The van der Waals surface area contributed by atoms with Gasteiger partial charge in [0, 0.05) is 67.5 Å². The van der Waals surface area contributed by atoms with Crippen LogP contribution in [-0.2, 0) is 13.6 Å². The fraction of sp³-hybridized carbons (Fsp3) is 0.406. The maximum Gasteiger partial charge on any atom is 0.252 e. The van der Waals surface area contributed by atoms with Crippen molar-refractivity contribution in [3.8, 4) is 22.4 Å². The SMILES string of the molecule is CCn1ccc(-c2cc(-c3cnn(C)c3)cc([C@@H](C)NC(=O)c3cc(N4CCC(N(C)C)CC4)ccc3C)c2)n1. The molecule has 8 heteroatoms. The molecule has 2 aromatic heterocycles. The highest BCUT2D eigenvalue weighted by Gasteiger charge is 2.22. The molecule has 0 saturated carbocycles. The standard InChI is InChI=1S/C32H41N7O/c1-7-39-15-12-31(35-39)26-17-24(16-25(18-26)27-20-33-37(6)21-27)23(3)34-32(40)30-19-29(9-8-22(30)2)38-13-10-28(11-14-38)36(4)5/h8-9,12,15-21,23,28H,7,10-11,13-14H2,1-6H3,(H,34,40)/t23-/m1/s1. The van der Waals surface area contributed by atoms with Crippen LogP contribution in [-0.4, -0.2) is 63.6 Å². The fourth-order valence-corrected chi connectivity index (χ4v) is 5.53. The summed E-state index contributed by atoms with van der Waals surface area (Å²) in [6.45, 7) is 8.94. The van der Waals surface area contributed by atoms with E-state index in [1.54, 1.807) is 4.68 Å². The van der Waals surface area contributed by atoms with Gasteiger partial charge in [-0.1, -0.05) is 6.07 Å². The number of aromatic nitrogens is 4. The second kappa shape index (κ2) is 11.7. The molecule has 0 aliphatic carbocycles. The van der Waals surface area contributed by atoms with Gasteiger partial charge in [-0.2, -0.15) is 10.2 Å². The largest absolute Gasteiger partial charge is 0.371 e. The van der Waals surface area contributed by atoms with E-state index in [4.69, 9.17) is 5.10 Å². The average Bonchev–Trinajstić information content (AvgIpc) is 3.62. The number of aryl methyl sites for hydroxylation is 3. The highest BCUT2D eigenvalue weighted by atomic mass is 16.1. The molecule has 0 radical (unpaired) electrons. The molecule has 2 aromatic carbocycles. The second-order valence-corrected chi connectivity index (χ2v) is 11.2. The number of anilines is 1. The van der Waals surface area contributed by atoms with Gasteiger partial charge in [0.05, 0.1) is 17.9 Å². The minimum atomic E-state index is -0.199. The lowest BCUT2D eigenvalue weighted by molar-refractivity contribution is 0.0939. The summed E-state index contributed by atoms with van der Waals surface area (Å²) in [4.78, 5) is 18.3. The average molecular weight is 540 g/mol. The van der Waals surface area contributed by atoms with Gasteiger partial charge in [-0.15, -0.1) is 0 Å². The number of benzene rings is 2. The number of nitrogens with zero attached hydrogens (tertiary/aromatic N) is 6. The van der Waals surface area contributed by atoms with Gasteiger partial charge in [0.2, 0.25) is 0 Å². The molecule has 5 rings (SSSR count). The first kappa shape index (κ1) is 27.6. The van der Waals surface area contributed by atoms with E-state index in [0.29, 0.717) is 6.04 Å². The summed E-state index contributed by atoms with van der Waals surface area (Å²) in [6.07, 6.45) is 8.13. The van der Waals surface area contributed by atoms with Crippen molar-refractivity contribution in [2.45, 2.75) is 52.2 Å². The normalized spacial score (nSPS) is 15.0. The molecule has 1 amide bonds. The highest BCUT2D eigenvalue weighted by Crippen LogP contribution is 2.31. The number of nitrogens with one attached hydrogen (secondary N) is 1. The molecule has 8 nitrogen and oxygen atoms in total. The van der Waals surface area contributed by atoms with Crippen LogP contribution in [0.2, 0.25) is 0 Å². The van der Waals surface area contributed by atoms with Crippen LogP contribution in [0.15, 0.2) is 61.1 Å². The first-order valence-corrected chi connectivity index (χ1v) is 14.2. The van der Waals surface area contributed by atoms with Crippen molar-refractivity contribution < 1.29 is 4.79 Å². The van der Waals surface area contributed by atoms with E-state index in [9.17, 15) is 4.79 Å². The third-order valence-corrected chi connectivity index (χ3v) is 8.13. The Morgan fingerprint density at radius 3 is 2.48 bits per heavy atom. The molecule has 1 aliphatic heterocycles. The van der Waals surface area contributed by atoms with Gasteiger partial charge in [-0.25, -0.2) is 0 Å². The van der Waals surface area contributed by atoms with Gasteiger partial charge < -0.3 is 15.1 Å². The summed E-state index contributed by atoms with van der Waals surface area (Å²) in [5.74, 6) is -0.0568. The molecular formula is C32H41N7O. The molecule has 1 saturated heterocycles. The third kappa shape index (κ3) is 5.97. The molecular weight excluding hydrogens is 498 g/mol. The number of amides is 1. The molecule has 0 bridgehead atoms. The van der Waals surface area contributed by atoms with E-state index < -0.39 is 0 Å². The molecule has 4 aromatic rings. The van der Waals surface area contributed by atoms with Gasteiger partial charge in [0.1, 0.15) is 0 Å². The van der Waals surface area contributed by atoms with Gasteiger partial charge in [-0.3, -0.25) is 14.2 Å². The molecule has 0 spiro atoms. The number of carbonyl (C=O) groups excluding carboxylic acids is 1. The number of rotatable bonds is 8. The van der Waals surface area contributed by atoms with E-state index in [0.717, 1.165) is 77.2 Å². The van der Waals surface area contributed by atoms with Crippen LogP contribution in [0.25, 0.3) is 22.4 Å². The Kier molecular flexibility index (Phi) is 8.07. The summed E-state index contributed by atoms with van der Waals surface area (Å²) in [6, 6.07) is 15.1. The Morgan fingerprint density at radius 2 is 1.82 bits per heavy atom. The van der Waals surface area contributed by atoms with Crippen LogP contribution >= 0.6 is 0 Å². The zero-order valence-corrected chi connectivity index (χ0v) is 24.6. The van der Waals surface area contributed by atoms with E-state index >= 15 is 0 Å². The Bertz CT molecular complexity index is 1480. The summed E-state index contributed by atoms with van der Waals surface area (Å²) in [7, 11) is 6.23. The third-order valence-electron chi connectivity index (χ3n) is 8.13. The summed E-state index contributed by atoms with van der Waals surface area (Å²) < 4.78 is 3.73. The predicted octanol–water partition coefficient (Wildman–Crippen LogP) is 5.30. The maximum absolute atomic E-state index is 13.6. The fourth-order valence-electron chi connectivity index (χ4n) is 5.53. The quantitative estimate of drug-likeness (QED) is 0.329. The van der Waals surface area contributed by atoms with E-state index in [-0.39, 0.29) is 11.9 Å². The predicted molar refractivity (Wildman–Crippen MR) is 162 cm³/mol. The molecule has 3 heterocycles. The van der Waals surface area contributed by atoms with Gasteiger partial charge >= 0.3 is 0 Å². The van der Waals surface area contributed by atoms with Crippen LogP contribution in [0.4, 0.5) is 5.69 Å². The molecule has 1 N–H and O–H groups in total. The lowest BCUT2D eigenvalue weighted by atomic mass is 9.96. The zero-order valence-electron chi connectivity index (χ0n) is 24.6. The first-order valence-electron chi connectivity index (χ1n) is 14.2. The monoisotopic (exact) mass is 539 g/mol. The minimum Gasteiger partial charge on any atom is -0.371 e. The van der Waals surface area contributed by atoms with Crippen molar-refractivity contribution in [2.75, 3.05) is 32.1 Å². The summed E-state index contributed by atoms with van der Waals surface area (Å²) >= 11 is 0. The van der Waals surface area contributed by atoms with E-state index in [2.05, 4.69) is 77.6 Å². The summed E-state index contributed by atoms with van der Waals surface area (Å²) in [5.41, 5.74) is 7.85. The zero-order chi connectivity index (χ0) is 28.4. The Morgan fingerprint density at radius 1 is 1.07 bits per heavy atom. The molecule has 210 valence electrons. The van der Waals surface area contributed by atoms with Crippen molar-refractivity contribution in [3.05, 3.63) is 77.7 Å². The van der Waals surface area contributed by atoms with Crippen molar-refractivity contribution in [2.24, 2.45) is 7.05 Å². The van der Waals surface area contributed by atoms with Gasteiger partial charge in [0.25, 0.3) is 5.91 Å². The van der Waals surface area contributed by atoms with Crippen molar-refractivity contribution >= 4 is 11.6 Å². The number of hydrogen-bond acceptors (Lipinski definition) is 5. The topological polar surface area (TPSA) is 71.2 Å². The lowest BCUT2D eigenvalue weighted by Crippen LogP contribution is -2.42. The highest BCUT2D eigenvalue weighted by molar-refractivity contribution is 5.97. The smallest absolute Gasteiger partial charge is 0.252 e. The van der Waals surface area contributed by atoms with E-state index in [1.807, 2.05) is 50.2 Å². The molecule has 1 fully saturated rings. The van der Waals surface area contributed by atoms with E-state index in [1.165, 1.54) is 0 Å². The molecule has 0 unspecified atom stereocenters. The lowest BCUT2D eigenvalue weighted by Gasteiger charge is -2.36. The van der Waals surface area contributed by atoms with Gasteiger partial charge in [-0.05, 0) is 101 Å². The number of piperidine rings is 1. The van der Waals surface area contributed by atoms with Crippen LogP contribution in [0, 0.1) is 6.92 Å². The molecule has 1 atom stereocenters. The van der Waals surface area contributed by atoms with Crippen molar-refractivity contribution in [1.82, 2.24) is 29.8 Å². The van der Waals surface area contributed by atoms with Gasteiger partial charge in [0.15, 0.2) is 0 Å². The number of carbonyl (C=O) groups is 1. The molecule has 40 heavy (non-hydrogen) atoms. The Labute approximate surface area is 237 Å². The van der Waals surface area contributed by atoms with Crippen LogP contribution in [0.1, 0.15) is 54.2 Å². The second-order valence-electron chi connectivity index (χ2n) is 11.2. The minimum absolute atomic E-state index is 0.0568. The van der Waals surface area contributed by atoms with Crippen molar-refractivity contribution in [3.63, 3.8) is 0 Å². The van der Waals surface area contributed by atoms with Crippen molar-refractivity contribution in [1.29, 1.82) is 0 Å². The molecule has 1 aliphatic rings. The maximum atomic E-state index is 13.6. The summed E-state index contributed by atoms with van der Waals surface area (Å²) in [5, 5.41) is 12.4.